The molecule has 0 saturated heterocycles. The quantitative estimate of drug-likeness (QED) is 0.528. The van der Waals surface area contributed by atoms with E-state index in [0.717, 1.165) is 28.3 Å². The molecule has 0 atom stereocenters. The fourth-order valence-corrected chi connectivity index (χ4v) is 3.93. The normalized spacial score (nSPS) is 12.6. The zero-order valence-electron chi connectivity index (χ0n) is 16.5. The zero-order chi connectivity index (χ0) is 20.7. The van der Waals surface area contributed by atoms with E-state index in [0.29, 0.717) is 24.2 Å². The molecule has 2 aromatic heterocycles. The van der Waals surface area contributed by atoms with Crippen molar-refractivity contribution in [2.75, 3.05) is 0 Å². The summed E-state index contributed by atoms with van der Waals surface area (Å²) in [4.78, 5) is 14.8. The van der Waals surface area contributed by atoms with Crippen molar-refractivity contribution < 1.29 is 4.79 Å². The molecule has 1 amide bonds. The first-order chi connectivity index (χ1) is 14.6. The molecule has 0 aliphatic carbocycles. The van der Waals surface area contributed by atoms with Gasteiger partial charge in [-0.25, -0.2) is 4.68 Å². The van der Waals surface area contributed by atoms with Crippen molar-refractivity contribution in [1.29, 1.82) is 5.26 Å². The molecule has 0 bridgehead atoms. The second kappa shape index (κ2) is 7.05. The molecule has 1 aliphatic heterocycles. The molecule has 6 nitrogen and oxygen atoms in total. The second-order valence-electron chi connectivity index (χ2n) is 7.44. The number of nitriles is 1. The van der Waals surface area contributed by atoms with E-state index in [4.69, 9.17) is 10.4 Å². The summed E-state index contributed by atoms with van der Waals surface area (Å²) in [5.41, 5.74) is 5.09. The molecule has 1 aliphatic rings. The first-order valence-corrected chi connectivity index (χ1v) is 9.74. The highest BCUT2D eigenvalue weighted by Gasteiger charge is 2.31. The summed E-state index contributed by atoms with van der Waals surface area (Å²) in [5, 5.41) is 14.0. The molecule has 146 valence electrons. The van der Waals surface area contributed by atoms with Gasteiger partial charge in [0.15, 0.2) is 0 Å². The number of hydrogen-bond donors (Lipinski definition) is 0. The first kappa shape index (κ1) is 18.0. The largest absolute Gasteiger partial charge is 0.328 e. The van der Waals surface area contributed by atoms with Crippen LogP contribution in [0.2, 0.25) is 0 Å². The van der Waals surface area contributed by atoms with Crippen LogP contribution in [0.1, 0.15) is 32.7 Å². The SMILES string of the molecule is Cc1cccc(-n2nc3c(c2-n2cccc2)CN(C(=O)c2cccc(C#N)c2)C3)c1. The number of fused-ring (bicyclic) bond motifs is 1. The lowest BCUT2D eigenvalue weighted by atomic mass is 10.1. The Labute approximate surface area is 174 Å². The van der Waals surface area contributed by atoms with E-state index in [9.17, 15) is 4.79 Å². The van der Waals surface area contributed by atoms with E-state index < -0.39 is 0 Å². The summed E-state index contributed by atoms with van der Waals surface area (Å²) in [7, 11) is 0. The molecule has 4 aromatic rings. The lowest BCUT2D eigenvalue weighted by molar-refractivity contribution is 0.0749. The van der Waals surface area contributed by atoms with Gasteiger partial charge in [0.1, 0.15) is 5.82 Å². The van der Waals surface area contributed by atoms with Crippen LogP contribution in [0.4, 0.5) is 0 Å². The Bertz CT molecular complexity index is 1290. The minimum absolute atomic E-state index is 0.0920. The van der Waals surface area contributed by atoms with Crippen LogP contribution in [0.5, 0.6) is 0 Å². The molecule has 0 radical (unpaired) electrons. The summed E-state index contributed by atoms with van der Waals surface area (Å²) in [6, 6.07) is 21.1. The number of benzene rings is 2. The average Bonchev–Trinajstić information content (AvgIpc) is 3.49. The minimum Gasteiger partial charge on any atom is -0.328 e. The van der Waals surface area contributed by atoms with Crippen LogP contribution in [-0.2, 0) is 13.1 Å². The van der Waals surface area contributed by atoms with E-state index in [2.05, 4.69) is 25.1 Å². The smallest absolute Gasteiger partial charge is 0.254 e. The van der Waals surface area contributed by atoms with Crippen LogP contribution >= 0.6 is 0 Å². The van der Waals surface area contributed by atoms with E-state index in [-0.39, 0.29) is 5.91 Å². The van der Waals surface area contributed by atoms with Crippen molar-refractivity contribution >= 4 is 5.91 Å². The predicted molar refractivity (Wildman–Crippen MR) is 112 cm³/mol. The van der Waals surface area contributed by atoms with Crippen molar-refractivity contribution in [3.63, 3.8) is 0 Å². The van der Waals surface area contributed by atoms with Crippen molar-refractivity contribution in [2.45, 2.75) is 20.0 Å². The molecular formula is C24H19N5O. The van der Waals surface area contributed by atoms with Gasteiger partial charge in [0, 0.05) is 23.5 Å². The lowest BCUT2D eigenvalue weighted by Gasteiger charge is -2.18. The third kappa shape index (κ3) is 2.97. The fourth-order valence-electron chi connectivity index (χ4n) is 3.93. The topological polar surface area (TPSA) is 66.8 Å². The van der Waals surface area contributed by atoms with E-state index in [1.54, 1.807) is 29.2 Å². The highest BCUT2D eigenvalue weighted by atomic mass is 16.2. The number of rotatable bonds is 3. The summed E-state index contributed by atoms with van der Waals surface area (Å²) in [6.45, 7) is 2.98. The number of hydrogen-bond acceptors (Lipinski definition) is 3. The maximum atomic E-state index is 13.1. The Hall–Kier alpha value is -4.11. The number of aryl methyl sites for hydroxylation is 1. The van der Waals surface area contributed by atoms with Crippen LogP contribution in [0.3, 0.4) is 0 Å². The highest BCUT2D eigenvalue weighted by Crippen LogP contribution is 2.31. The molecule has 2 aromatic carbocycles. The molecule has 0 spiro atoms. The zero-order valence-corrected chi connectivity index (χ0v) is 16.5. The maximum Gasteiger partial charge on any atom is 0.254 e. The van der Waals surface area contributed by atoms with Crippen molar-refractivity contribution in [3.8, 4) is 17.6 Å². The van der Waals surface area contributed by atoms with Gasteiger partial charge < -0.3 is 9.47 Å². The Morgan fingerprint density at radius 3 is 2.60 bits per heavy atom. The molecule has 3 heterocycles. The number of carbonyl (C=O) groups excluding carboxylic acids is 1. The molecule has 0 unspecified atom stereocenters. The summed E-state index contributed by atoms with van der Waals surface area (Å²) < 4.78 is 3.99. The molecule has 6 heteroatoms. The Morgan fingerprint density at radius 1 is 1.03 bits per heavy atom. The monoisotopic (exact) mass is 393 g/mol. The number of nitrogens with zero attached hydrogens (tertiary/aromatic N) is 5. The van der Waals surface area contributed by atoms with E-state index in [1.165, 1.54) is 0 Å². The average molecular weight is 393 g/mol. The van der Waals surface area contributed by atoms with Gasteiger partial charge in [0.2, 0.25) is 0 Å². The van der Waals surface area contributed by atoms with Gasteiger partial charge in [-0.1, -0.05) is 18.2 Å². The lowest BCUT2D eigenvalue weighted by Crippen LogP contribution is -2.26. The molecule has 5 rings (SSSR count). The Balaban J connectivity index is 1.54. The number of carbonyl (C=O) groups is 1. The van der Waals surface area contributed by atoms with Gasteiger partial charge in [0.25, 0.3) is 5.91 Å². The van der Waals surface area contributed by atoms with Crippen molar-refractivity contribution in [1.82, 2.24) is 19.2 Å². The Morgan fingerprint density at radius 2 is 1.83 bits per heavy atom. The third-order valence-corrected chi connectivity index (χ3v) is 5.35. The highest BCUT2D eigenvalue weighted by molar-refractivity contribution is 5.95. The first-order valence-electron chi connectivity index (χ1n) is 9.74. The summed E-state index contributed by atoms with van der Waals surface area (Å²) in [5.74, 6) is 0.854. The van der Waals surface area contributed by atoms with Gasteiger partial charge in [-0.05, 0) is 55.0 Å². The van der Waals surface area contributed by atoms with Gasteiger partial charge >= 0.3 is 0 Å². The van der Waals surface area contributed by atoms with Crippen molar-refractivity contribution in [3.05, 3.63) is 101 Å². The number of amides is 1. The maximum absolute atomic E-state index is 13.1. The van der Waals surface area contributed by atoms with Crippen molar-refractivity contribution in [2.24, 2.45) is 0 Å². The van der Waals surface area contributed by atoms with E-state index in [1.807, 2.05) is 45.9 Å². The van der Waals surface area contributed by atoms with Crippen LogP contribution in [0.15, 0.2) is 73.1 Å². The van der Waals surface area contributed by atoms with Crippen LogP contribution < -0.4 is 0 Å². The Kier molecular flexibility index (Phi) is 4.22. The summed E-state index contributed by atoms with van der Waals surface area (Å²) in [6.07, 6.45) is 3.98. The predicted octanol–water partition coefficient (Wildman–Crippen LogP) is 4.00. The summed E-state index contributed by atoms with van der Waals surface area (Å²) >= 11 is 0. The van der Waals surface area contributed by atoms with Gasteiger partial charge in [-0.15, -0.1) is 0 Å². The molecule has 0 saturated carbocycles. The van der Waals surface area contributed by atoms with Gasteiger partial charge in [-0.3, -0.25) is 4.79 Å². The fraction of sp³-hybridized carbons (Fsp3) is 0.125. The molecule has 0 fully saturated rings. The van der Waals surface area contributed by atoms with Crippen LogP contribution in [-0.4, -0.2) is 25.2 Å². The van der Waals surface area contributed by atoms with Gasteiger partial charge in [0.05, 0.1) is 36.1 Å². The standard InChI is InChI=1S/C24H19N5O/c1-17-6-4-9-20(12-17)29-23(27-10-2-3-11-27)21-15-28(16-22(21)26-29)24(30)19-8-5-7-18(13-19)14-25/h2-13H,15-16H2,1H3. The minimum atomic E-state index is -0.0920. The molecule has 0 N–H and O–H groups in total. The second-order valence-corrected chi connectivity index (χ2v) is 7.44. The third-order valence-electron chi connectivity index (χ3n) is 5.35. The molecule has 30 heavy (non-hydrogen) atoms. The van der Waals surface area contributed by atoms with E-state index >= 15 is 0 Å². The van der Waals surface area contributed by atoms with Crippen LogP contribution in [0.25, 0.3) is 11.5 Å². The number of aromatic nitrogens is 3. The molecular weight excluding hydrogens is 374 g/mol. The van der Waals surface area contributed by atoms with Gasteiger partial charge in [-0.2, -0.15) is 10.4 Å². The van der Waals surface area contributed by atoms with Crippen LogP contribution in [0, 0.1) is 18.3 Å².